The number of imidazole rings is 1. The van der Waals surface area contributed by atoms with Gasteiger partial charge in [0, 0.05) is 137 Å². The minimum Gasteiger partial charge on any atom is -0.467 e. The summed E-state index contributed by atoms with van der Waals surface area (Å²) in [6, 6.07) is 8.86. The fraction of sp³-hybridized carbons (Fsp3) is 0.643. The first-order valence-electron chi connectivity index (χ1n) is 27.9. The largest absolute Gasteiger partial charge is 0.467 e. The molecule has 0 radical (unpaired) electrons. The molecule has 5 aliphatic heterocycles. The predicted molar refractivity (Wildman–Crippen MR) is 292 cm³/mol. The highest BCUT2D eigenvalue weighted by Gasteiger charge is 2.57. The van der Waals surface area contributed by atoms with Crippen LogP contribution in [0.5, 0.6) is 0 Å². The maximum atomic E-state index is 13.4. The van der Waals surface area contributed by atoms with Crippen LogP contribution < -0.4 is 20.5 Å². The van der Waals surface area contributed by atoms with Crippen molar-refractivity contribution in [1.29, 1.82) is 0 Å². The van der Waals surface area contributed by atoms with Crippen molar-refractivity contribution in [3.8, 4) is 11.3 Å². The van der Waals surface area contributed by atoms with Crippen molar-refractivity contribution in [2.75, 3.05) is 115 Å². The molecule has 2 saturated carbocycles. The number of likely N-dealkylation sites (tertiary alicyclic amines) is 2. The van der Waals surface area contributed by atoms with Crippen LogP contribution in [0.4, 0.5) is 16.2 Å². The van der Waals surface area contributed by atoms with Crippen molar-refractivity contribution in [3.05, 3.63) is 59.4 Å². The van der Waals surface area contributed by atoms with Gasteiger partial charge in [-0.25, -0.2) is 19.8 Å². The van der Waals surface area contributed by atoms with E-state index in [4.69, 9.17) is 30.8 Å². The van der Waals surface area contributed by atoms with Gasteiger partial charge in [-0.05, 0) is 106 Å². The lowest BCUT2D eigenvalue weighted by molar-refractivity contribution is -0.151. The lowest BCUT2D eigenvalue weighted by Gasteiger charge is -2.62. The number of methoxy groups -OCH3 is 1. The van der Waals surface area contributed by atoms with Crippen LogP contribution >= 0.6 is 11.6 Å². The number of hydrazine groups is 1. The number of nitrogens with one attached hydrogen (secondary N) is 3. The smallest absolute Gasteiger partial charge is 0.330 e. The molecule has 7 aliphatic rings. The summed E-state index contributed by atoms with van der Waals surface area (Å²) >= 11 is 5.98. The Balaban J connectivity index is 0.000000177. The molecule has 2 aliphatic carbocycles. The number of pyridine rings is 1. The zero-order chi connectivity index (χ0) is 53.1. The SMILES string of the molecule is CC(NC(=O)C(C1CCCC1)N1CC2(CN(C(=O)n3ccnc3Cl)C2)C1)C(=O)N1CCCCN1.COC(C)c1ncc(N2CCN(C3CC3)CC2)cc1-c1[nH]c2ccc(N3CCOCC3)cc2c1CC(C)(C)COC=O. The molecule has 3 unspecified atom stereocenters. The van der Waals surface area contributed by atoms with E-state index in [2.05, 4.69) is 85.3 Å². The van der Waals surface area contributed by atoms with E-state index in [1.165, 1.54) is 40.2 Å². The number of nitrogens with zero attached hydrogens (tertiary/aromatic N) is 9. The van der Waals surface area contributed by atoms with Gasteiger partial charge >= 0.3 is 6.03 Å². The summed E-state index contributed by atoms with van der Waals surface area (Å²) in [5, 5.41) is 6.02. The van der Waals surface area contributed by atoms with Crippen LogP contribution in [-0.2, 0) is 35.0 Å². The van der Waals surface area contributed by atoms with E-state index in [0.29, 0.717) is 38.6 Å². The Bertz CT molecular complexity index is 2670. The average molecular weight is 1070 g/mol. The van der Waals surface area contributed by atoms with E-state index in [-0.39, 0.29) is 46.1 Å². The molecular weight excluding hydrogens is 988 g/mol. The van der Waals surface area contributed by atoms with Crippen LogP contribution in [0, 0.1) is 16.7 Å². The number of fused-ring (bicyclic) bond motifs is 1. The number of rotatable bonds is 16. The first-order valence-corrected chi connectivity index (χ1v) is 28.2. The molecule has 3 aromatic heterocycles. The number of piperazine rings is 1. The first kappa shape index (κ1) is 54.1. The van der Waals surface area contributed by atoms with Crippen LogP contribution in [0.3, 0.4) is 0 Å². The van der Waals surface area contributed by atoms with Gasteiger partial charge in [0.25, 0.3) is 12.4 Å². The van der Waals surface area contributed by atoms with Gasteiger partial charge in [-0.15, -0.1) is 0 Å². The van der Waals surface area contributed by atoms with Gasteiger partial charge in [0.15, 0.2) is 0 Å². The molecule has 5 saturated heterocycles. The van der Waals surface area contributed by atoms with Crippen LogP contribution in [0.15, 0.2) is 42.9 Å². The van der Waals surface area contributed by atoms with E-state index >= 15 is 0 Å². The lowest BCUT2D eigenvalue weighted by atomic mass is 9.71. The van der Waals surface area contributed by atoms with Gasteiger partial charge < -0.3 is 39.2 Å². The highest BCUT2D eigenvalue weighted by atomic mass is 35.5. The zero-order valence-corrected chi connectivity index (χ0v) is 46.0. The summed E-state index contributed by atoms with van der Waals surface area (Å²) in [6.45, 7) is 20.9. The van der Waals surface area contributed by atoms with Crippen molar-refractivity contribution >= 4 is 58.2 Å². The van der Waals surface area contributed by atoms with E-state index in [1.807, 2.05) is 6.20 Å². The number of benzene rings is 1. The third kappa shape index (κ3) is 11.9. The molecule has 11 rings (SSSR count). The van der Waals surface area contributed by atoms with Crippen molar-refractivity contribution in [2.24, 2.45) is 16.7 Å². The molecule has 3 N–H and O–H groups in total. The van der Waals surface area contributed by atoms with E-state index < -0.39 is 6.04 Å². The van der Waals surface area contributed by atoms with Crippen molar-refractivity contribution in [1.82, 2.24) is 50.0 Å². The third-order valence-corrected chi connectivity index (χ3v) is 17.2. The molecule has 0 bridgehead atoms. The number of anilines is 2. The monoisotopic (exact) mass is 1070 g/mol. The Labute approximate surface area is 452 Å². The number of aromatic amines is 1. The number of morpholine rings is 1. The molecule has 76 heavy (non-hydrogen) atoms. The molecular formula is C56H79ClN12O7. The van der Waals surface area contributed by atoms with E-state index in [1.54, 1.807) is 30.1 Å². The topological polar surface area (TPSA) is 186 Å². The zero-order valence-electron chi connectivity index (χ0n) is 45.2. The van der Waals surface area contributed by atoms with Gasteiger partial charge in [-0.2, -0.15) is 0 Å². The van der Waals surface area contributed by atoms with Gasteiger partial charge in [-0.1, -0.05) is 26.7 Å². The van der Waals surface area contributed by atoms with Gasteiger partial charge in [0.1, 0.15) is 6.04 Å². The fourth-order valence-corrected chi connectivity index (χ4v) is 12.8. The molecule has 1 spiro atoms. The Morgan fingerprint density at radius 1 is 0.921 bits per heavy atom. The third-order valence-electron chi connectivity index (χ3n) is 16.9. The Morgan fingerprint density at radius 3 is 2.32 bits per heavy atom. The molecule has 3 amide bonds. The number of H-pyrrole nitrogens is 1. The molecule has 20 heteroatoms. The number of carbonyl (C=O) groups excluding carboxylic acids is 4. The molecule has 1 aromatic carbocycles. The first-order chi connectivity index (χ1) is 36.7. The molecule has 3 atom stereocenters. The number of hydrogen-bond donors (Lipinski definition) is 3. The van der Waals surface area contributed by atoms with E-state index in [9.17, 15) is 19.2 Å². The number of ether oxygens (including phenoxy) is 3. The number of carbonyl (C=O) groups is 4. The predicted octanol–water partition coefficient (Wildman–Crippen LogP) is 6.11. The Kier molecular flexibility index (Phi) is 16.6. The molecule has 19 nitrogen and oxygen atoms in total. The average Bonchev–Trinajstić information content (AvgIpc) is 3.80. The maximum Gasteiger partial charge on any atom is 0.330 e. The Hall–Kier alpha value is -5.31. The highest BCUT2D eigenvalue weighted by molar-refractivity contribution is 6.29. The quantitative estimate of drug-likeness (QED) is 0.109. The van der Waals surface area contributed by atoms with Crippen LogP contribution in [-0.4, -0.2) is 187 Å². The summed E-state index contributed by atoms with van der Waals surface area (Å²) < 4.78 is 18.1. The van der Waals surface area contributed by atoms with E-state index in [0.717, 1.165) is 151 Å². The summed E-state index contributed by atoms with van der Waals surface area (Å²) in [5.74, 6) is 0.192. The highest BCUT2D eigenvalue weighted by Crippen LogP contribution is 2.45. The fourth-order valence-electron chi connectivity index (χ4n) is 12.6. The maximum absolute atomic E-state index is 13.4. The van der Waals surface area contributed by atoms with Crippen LogP contribution in [0.2, 0.25) is 5.28 Å². The summed E-state index contributed by atoms with van der Waals surface area (Å²) in [4.78, 5) is 74.2. The number of amides is 3. The number of aromatic nitrogens is 4. The normalized spacial score (nSPS) is 21.6. The minimum atomic E-state index is -0.561. The molecule has 7 fully saturated rings. The number of hydrogen-bond acceptors (Lipinski definition) is 14. The summed E-state index contributed by atoms with van der Waals surface area (Å²) in [5.41, 5.74) is 10.6. The van der Waals surface area contributed by atoms with Crippen molar-refractivity contribution in [2.45, 2.75) is 110 Å². The standard InChI is InChI=1S/C33H45N5O4.C23H34ClN7O3/c1-23(40-4)31-28(18-26(20-34-31)37-11-9-36(10-12-37)24-5-6-24)32-29(19-33(2,3)21-42-22-39)27-17-25(7-8-30(27)35-32)38-13-15-41-16-14-38;1-16(20(33)31-10-5-4-8-26-31)27-19(32)18(17-6-2-3-7-17)28-12-23(13-28)14-29(15-23)22(34)30-11-9-25-21(30)24/h7-8,17-18,20,22-24,35H,5-6,9-16,19,21H2,1-4H3;9,11,16-18,26H,2-8,10,12-15H2,1H3,(H,27,32). The van der Waals surface area contributed by atoms with Gasteiger partial charge in [0.05, 0.1) is 55.2 Å². The van der Waals surface area contributed by atoms with Crippen molar-refractivity contribution < 1.29 is 33.4 Å². The van der Waals surface area contributed by atoms with Crippen LogP contribution in [0.1, 0.15) is 96.4 Å². The van der Waals surface area contributed by atoms with Crippen molar-refractivity contribution in [3.63, 3.8) is 0 Å². The van der Waals surface area contributed by atoms with Crippen LogP contribution in [0.25, 0.3) is 22.2 Å². The van der Waals surface area contributed by atoms with Gasteiger partial charge in [0.2, 0.25) is 11.2 Å². The summed E-state index contributed by atoms with van der Waals surface area (Å²) in [7, 11) is 1.74. The minimum absolute atomic E-state index is 0.0407. The molecule has 412 valence electrons. The number of halogens is 1. The van der Waals surface area contributed by atoms with Gasteiger partial charge in [-0.3, -0.25) is 34.2 Å². The summed E-state index contributed by atoms with van der Waals surface area (Å²) in [6.07, 6.45) is 14.8. The molecule has 8 heterocycles. The second-order valence-electron chi connectivity index (χ2n) is 23.2. The lowest BCUT2D eigenvalue weighted by Crippen LogP contribution is -2.76. The second-order valence-corrected chi connectivity index (χ2v) is 23.6. The molecule has 4 aromatic rings. The second kappa shape index (κ2) is 23.3. The Morgan fingerprint density at radius 2 is 1.66 bits per heavy atom.